The molecule has 0 radical (unpaired) electrons. The van der Waals surface area contributed by atoms with Gasteiger partial charge in [-0.05, 0) is 26.2 Å². The molecule has 0 amide bonds. The Kier molecular flexibility index (Phi) is 4.67. The molecule has 0 aliphatic rings. The third-order valence-corrected chi connectivity index (χ3v) is 2.63. The van der Waals surface area contributed by atoms with Crippen molar-refractivity contribution >= 4 is 23.2 Å². The van der Waals surface area contributed by atoms with E-state index in [9.17, 15) is 0 Å². The van der Waals surface area contributed by atoms with Crippen LogP contribution in [0, 0.1) is 0 Å². The van der Waals surface area contributed by atoms with Gasteiger partial charge in [0.05, 0.1) is 18.3 Å². The first kappa shape index (κ1) is 12.6. The first-order valence-corrected chi connectivity index (χ1v) is 5.27. The van der Waals surface area contributed by atoms with E-state index in [1.807, 2.05) is 20.2 Å². The number of benzene rings is 1. The first-order chi connectivity index (χ1) is 7.13. The predicted octanol–water partition coefficient (Wildman–Crippen LogP) is 2.44. The summed E-state index contributed by atoms with van der Waals surface area (Å²) in [6.07, 6.45) is -0.0452. The van der Waals surface area contributed by atoms with Crippen LogP contribution < -0.4 is 15.4 Å². The van der Waals surface area contributed by atoms with Crippen LogP contribution in [-0.4, -0.2) is 21.2 Å². The van der Waals surface area contributed by atoms with E-state index in [0.717, 1.165) is 5.56 Å². The number of methoxy groups -OCH3 is 1. The number of halogens is 2. The molecule has 0 fully saturated rings. The van der Waals surface area contributed by atoms with Crippen molar-refractivity contribution in [3.05, 3.63) is 27.7 Å². The van der Waals surface area contributed by atoms with E-state index in [4.69, 9.17) is 27.9 Å². The maximum atomic E-state index is 6.03. The Bertz CT molecular complexity index is 340. The Morgan fingerprint density at radius 2 is 1.80 bits per heavy atom. The van der Waals surface area contributed by atoms with Gasteiger partial charge in [-0.15, -0.1) is 0 Å². The molecule has 0 bridgehead atoms. The monoisotopic (exact) mass is 248 g/mol. The highest BCUT2D eigenvalue weighted by Crippen LogP contribution is 2.34. The number of hydrogen-bond acceptors (Lipinski definition) is 3. The molecule has 5 heteroatoms. The van der Waals surface area contributed by atoms with Crippen LogP contribution in [-0.2, 0) is 0 Å². The smallest absolute Gasteiger partial charge is 0.143 e. The summed E-state index contributed by atoms with van der Waals surface area (Å²) in [5.41, 5.74) is 0.889. The van der Waals surface area contributed by atoms with Crippen molar-refractivity contribution in [3.63, 3.8) is 0 Å². The minimum absolute atomic E-state index is 0.0452. The molecule has 0 aliphatic heterocycles. The molecule has 0 atom stereocenters. The number of nitrogens with one attached hydrogen (secondary N) is 2. The van der Waals surface area contributed by atoms with E-state index in [1.165, 1.54) is 0 Å². The van der Waals surface area contributed by atoms with E-state index in [1.54, 1.807) is 13.2 Å². The first-order valence-electron chi connectivity index (χ1n) is 4.51. The van der Waals surface area contributed by atoms with Crippen molar-refractivity contribution in [1.82, 2.24) is 10.6 Å². The molecule has 0 aliphatic carbocycles. The maximum Gasteiger partial charge on any atom is 0.143 e. The Morgan fingerprint density at radius 1 is 1.20 bits per heavy atom. The quantitative estimate of drug-likeness (QED) is 0.804. The van der Waals surface area contributed by atoms with E-state index in [2.05, 4.69) is 10.6 Å². The fourth-order valence-corrected chi connectivity index (χ4v) is 2.05. The SMILES string of the molecule is CNC(NC)c1cc(Cl)cc(Cl)c1OC. The van der Waals surface area contributed by atoms with Gasteiger partial charge in [-0.3, -0.25) is 0 Å². The van der Waals surface area contributed by atoms with E-state index >= 15 is 0 Å². The van der Waals surface area contributed by atoms with Crippen molar-refractivity contribution in [3.8, 4) is 5.75 Å². The number of ether oxygens (including phenoxy) is 1. The van der Waals surface area contributed by atoms with Crippen LogP contribution in [0.2, 0.25) is 10.0 Å². The molecule has 2 N–H and O–H groups in total. The van der Waals surface area contributed by atoms with Crippen molar-refractivity contribution in [1.29, 1.82) is 0 Å². The summed E-state index contributed by atoms with van der Waals surface area (Å²) in [4.78, 5) is 0. The second kappa shape index (κ2) is 5.56. The van der Waals surface area contributed by atoms with Gasteiger partial charge in [-0.1, -0.05) is 23.2 Å². The van der Waals surface area contributed by atoms with Crippen LogP contribution in [0.25, 0.3) is 0 Å². The summed E-state index contributed by atoms with van der Waals surface area (Å²) >= 11 is 12.0. The lowest BCUT2D eigenvalue weighted by Crippen LogP contribution is -2.29. The Balaban J connectivity index is 3.24. The predicted molar refractivity (Wildman–Crippen MR) is 63.9 cm³/mol. The zero-order chi connectivity index (χ0) is 11.4. The summed E-state index contributed by atoms with van der Waals surface area (Å²) in [7, 11) is 5.27. The fourth-order valence-electron chi connectivity index (χ4n) is 1.47. The van der Waals surface area contributed by atoms with Crippen LogP contribution in [0.15, 0.2) is 12.1 Å². The second-order valence-corrected chi connectivity index (χ2v) is 3.86. The average Bonchev–Trinajstić information content (AvgIpc) is 2.19. The average molecular weight is 249 g/mol. The molecule has 0 heterocycles. The molecule has 3 nitrogen and oxygen atoms in total. The largest absolute Gasteiger partial charge is 0.495 e. The molecule has 1 rings (SSSR count). The minimum atomic E-state index is -0.0452. The third kappa shape index (κ3) is 2.75. The van der Waals surface area contributed by atoms with Crippen molar-refractivity contribution < 1.29 is 4.74 Å². The molecule has 1 aromatic carbocycles. The van der Waals surface area contributed by atoms with Gasteiger partial charge in [0.15, 0.2) is 0 Å². The van der Waals surface area contributed by atoms with Gasteiger partial charge in [0.2, 0.25) is 0 Å². The molecule has 0 spiro atoms. The molecule has 15 heavy (non-hydrogen) atoms. The molecule has 84 valence electrons. The lowest BCUT2D eigenvalue weighted by atomic mass is 10.1. The van der Waals surface area contributed by atoms with Crippen LogP contribution in [0.1, 0.15) is 11.7 Å². The fraction of sp³-hybridized carbons (Fsp3) is 0.400. The van der Waals surface area contributed by atoms with E-state index < -0.39 is 0 Å². The van der Waals surface area contributed by atoms with Crippen molar-refractivity contribution in [2.45, 2.75) is 6.17 Å². The minimum Gasteiger partial charge on any atom is -0.495 e. The summed E-state index contributed by atoms with van der Waals surface area (Å²) < 4.78 is 5.25. The number of rotatable bonds is 4. The summed E-state index contributed by atoms with van der Waals surface area (Å²) in [5.74, 6) is 0.634. The van der Waals surface area contributed by atoms with Gasteiger partial charge in [-0.2, -0.15) is 0 Å². The maximum absolute atomic E-state index is 6.03. The van der Waals surface area contributed by atoms with Crippen LogP contribution >= 0.6 is 23.2 Å². The van der Waals surface area contributed by atoms with Gasteiger partial charge in [0.1, 0.15) is 5.75 Å². The highest BCUT2D eigenvalue weighted by atomic mass is 35.5. The Morgan fingerprint density at radius 3 is 2.27 bits per heavy atom. The molecule has 0 aromatic heterocycles. The van der Waals surface area contributed by atoms with Crippen LogP contribution in [0.5, 0.6) is 5.75 Å². The van der Waals surface area contributed by atoms with Gasteiger partial charge >= 0.3 is 0 Å². The van der Waals surface area contributed by atoms with Gasteiger partial charge in [-0.25, -0.2) is 0 Å². The highest BCUT2D eigenvalue weighted by Gasteiger charge is 2.16. The van der Waals surface area contributed by atoms with Gasteiger partial charge in [0.25, 0.3) is 0 Å². The van der Waals surface area contributed by atoms with Crippen LogP contribution in [0.3, 0.4) is 0 Å². The topological polar surface area (TPSA) is 33.3 Å². The molecular weight excluding hydrogens is 235 g/mol. The zero-order valence-corrected chi connectivity index (χ0v) is 10.4. The van der Waals surface area contributed by atoms with Crippen LogP contribution in [0.4, 0.5) is 0 Å². The Labute approximate surface area is 99.7 Å². The zero-order valence-electron chi connectivity index (χ0n) is 8.90. The molecule has 0 saturated carbocycles. The number of hydrogen-bond donors (Lipinski definition) is 2. The lowest BCUT2D eigenvalue weighted by Gasteiger charge is -2.19. The third-order valence-electron chi connectivity index (χ3n) is 2.13. The summed E-state index contributed by atoms with van der Waals surface area (Å²) in [6.45, 7) is 0. The molecule has 1 aromatic rings. The van der Waals surface area contributed by atoms with E-state index in [0.29, 0.717) is 15.8 Å². The van der Waals surface area contributed by atoms with Gasteiger partial charge in [0, 0.05) is 10.6 Å². The van der Waals surface area contributed by atoms with E-state index in [-0.39, 0.29) is 6.17 Å². The van der Waals surface area contributed by atoms with Crippen molar-refractivity contribution in [2.75, 3.05) is 21.2 Å². The normalized spacial score (nSPS) is 10.8. The second-order valence-electron chi connectivity index (χ2n) is 3.02. The summed E-state index contributed by atoms with van der Waals surface area (Å²) in [5, 5.41) is 7.28. The Hall–Kier alpha value is -0.480. The van der Waals surface area contributed by atoms with Crippen molar-refractivity contribution in [2.24, 2.45) is 0 Å². The lowest BCUT2D eigenvalue weighted by molar-refractivity contribution is 0.395. The highest BCUT2D eigenvalue weighted by molar-refractivity contribution is 6.35. The molecular formula is C10H14Cl2N2O. The molecule has 0 unspecified atom stereocenters. The summed E-state index contributed by atoms with van der Waals surface area (Å²) in [6, 6.07) is 3.48. The standard InChI is InChI=1S/C10H14Cl2N2O/c1-13-10(14-2)7-4-6(11)5-8(12)9(7)15-3/h4-5,10,13-14H,1-3H3. The molecule has 0 saturated heterocycles. The van der Waals surface area contributed by atoms with Gasteiger partial charge < -0.3 is 15.4 Å².